The Balaban J connectivity index is 1.86. The van der Waals surface area contributed by atoms with E-state index in [1.54, 1.807) is 22.8 Å². The standard InChI is InChI=1S/C25H22N2O2S/c1-4-21-20(15-26)23(24(27(21)3)25(28)29-5-2)17-11-9-16(10-12-17)18-7-6-8-22-19(18)13-14-30-22/h6-14H,4-5H2,1-3H3. The van der Waals surface area contributed by atoms with Gasteiger partial charge in [0.2, 0.25) is 0 Å². The second kappa shape index (κ2) is 8.17. The van der Waals surface area contributed by atoms with Crippen LogP contribution in [0.25, 0.3) is 32.3 Å². The van der Waals surface area contributed by atoms with E-state index in [4.69, 9.17) is 4.74 Å². The van der Waals surface area contributed by atoms with Gasteiger partial charge < -0.3 is 9.30 Å². The van der Waals surface area contributed by atoms with Gasteiger partial charge in [-0.1, -0.05) is 43.3 Å². The summed E-state index contributed by atoms with van der Waals surface area (Å²) in [5.74, 6) is -0.404. The van der Waals surface area contributed by atoms with E-state index in [0.29, 0.717) is 23.2 Å². The molecule has 0 saturated carbocycles. The number of thiophene rings is 1. The molecule has 2 aromatic carbocycles. The Morgan fingerprint density at radius 2 is 1.83 bits per heavy atom. The Morgan fingerprint density at radius 1 is 1.10 bits per heavy atom. The number of hydrogen-bond acceptors (Lipinski definition) is 4. The number of esters is 1. The van der Waals surface area contributed by atoms with Gasteiger partial charge in [-0.25, -0.2) is 4.79 Å². The summed E-state index contributed by atoms with van der Waals surface area (Å²) in [6, 6.07) is 18.8. The van der Waals surface area contributed by atoms with Crippen molar-refractivity contribution in [2.24, 2.45) is 7.05 Å². The highest BCUT2D eigenvalue weighted by Crippen LogP contribution is 2.36. The van der Waals surface area contributed by atoms with Gasteiger partial charge in [-0.3, -0.25) is 0 Å². The van der Waals surface area contributed by atoms with Crippen LogP contribution >= 0.6 is 11.3 Å². The normalized spacial score (nSPS) is 10.9. The number of nitrogens with zero attached hydrogens (tertiary/aromatic N) is 2. The fraction of sp³-hybridized carbons (Fsp3) is 0.200. The summed E-state index contributed by atoms with van der Waals surface area (Å²) in [4.78, 5) is 12.7. The zero-order valence-corrected chi connectivity index (χ0v) is 18.0. The van der Waals surface area contributed by atoms with Gasteiger partial charge in [-0.2, -0.15) is 5.26 Å². The van der Waals surface area contributed by atoms with E-state index in [1.165, 1.54) is 15.6 Å². The van der Waals surface area contributed by atoms with Crippen molar-refractivity contribution in [2.75, 3.05) is 6.61 Å². The monoisotopic (exact) mass is 414 g/mol. The predicted octanol–water partition coefficient (Wildman–Crippen LogP) is 6.18. The van der Waals surface area contributed by atoms with E-state index in [9.17, 15) is 10.1 Å². The van der Waals surface area contributed by atoms with Crippen LogP contribution in [0.4, 0.5) is 0 Å². The number of carbonyl (C=O) groups is 1. The third-order valence-corrected chi connectivity index (χ3v) is 6.29. The maximum Gasteiger partial charge on any atom is 0.355 e. The average molecular weight is 415 g/mol. The van der Waals surface area contributed by atoms with E-state index >= 15 is 0 Å². The lowest BCUT2D eigenvalue weighted by molar-refractivity contribution is 0.0516. The van der Waals surface area contributed by atoms with Crippen molar-refractivity contribution >= 4 is 27.4 Å². The van der Waals surface area contributed by atoms with Crippen LogP contribution in [-0.2, 0) is 18.2 Å². The third-order valence-electron chi connectivity index (χ3n) is 5.41. The van der Waals surface area contributed by atoms with Crippen LogP contribution < -0.4 is 0 Å². The van der Waals surface area contributed by atoms with Crippen LogP contribution in [0.2, 0.25) is 0 Å². The Hall–Kier alpha value is -3.36. The second-order valence-corrected chi connectivity index (χ2v) is 7.95. The molecule has 2 aromatic heterocycles. The molecule has 0 bridgehead atoms. The molecule has 0 aliphatic carbocycles. The quantitative estimate of drug-likeness (QED) is 0.366. The van der Waals surface area contributed by atoms with E-state index in [1.807, 2.05) is 26.1 Å². The van der Waals surface area contributed by atoms with Crippen LogP contribution in [0, 0.1) is 11.3 Å². The van der Waals surface area contributed by atoms with Gasteiger partial charge in [-0.05, 0) is 47.5 Å². The molecule has 150 valence electrons. The van der Waals surface area contributed by atoms with E-state index in [0.717, 1.165) is 16.8 Å². The van der Waals surface area contributed by atoms with Gasteiger partial charge in [0.1, 0.15) is 11.8 Å². The van der Waals surface area contributed by atoms with Gasteiger partial charge in [-0.15, -0.1) is 11.3 Å². The molecule has 4 rings (SSSR count). The Bertz CT molecular complexity index is 1270. The fourth-order valence-corrected chi connectivity index (χ4v) is 4.86. The molecule has 4 aromatic rings. The Labute approximate surface area is 180 Å². The Kier molecular flexibility index (Phi) is 5.43. The number of carbonyl (C=O) groups excluding carboxylic acids is 1. The molecule has 4 nitrogen and oxygen atoms in total. The van der Waals surface area contributed by atoms with E-state index in [-0.39, 0.29) is 6.61 Å². The summed E-state index contributed by atoms with van der Waals surface area (Å²) >= 11 is 1.73. The molecule has 0 fully saturated rings. The first-order valence-electron chi connectivity index (χ1n) is 9.96. The lowest BCUT2D eigenvalue weighted by Gasteiger charge is -2.09. The van der Waals surface area contributed by atoms with Crippen LogP contribution in [-0.4, -0.2) is 17.1 Å². The molecule has 0 aliphatic heterocycles. The number of nitriles is 1. The van der Waals surface area contributed by atoms with Crippen molar-refractivity contribution in [3.8, 4) is 28.3 Å². The van der Waals surface area contributed by atoms with Crippen molar-refractivity contribution in [3.63, 3.8) is 0 Å². The van der Waals surface area contributed by atoms with Crippen LogP contribution in [0.3, 0.4) is 0 Å². The molecule has 0 aliphatic rings. The molecule has 0 radical (unpaired) electrons. The molecule has 0 N–H and O–H groups in total. The van der Waals surface area contributed by atoms with Gasteiger partial charge in [0, 0.05) is 28.4 Å². The number of benzene rings is 2. The molecule has 2 heterocycles. The maximum absolute atomic E-state index is 12.7. The number of aromatic nitrogens is 1. The van der Waals surface area contributed by atoms with Gasteiger partial charge in [0.05, 0.1) is 12.2 Å². The Morgan fingerprint density at radius 3 is 2.50 bits per heavy atom. The summed E-state index contributed by atoms with van der Waals surface area (Å²) in [6.07, 6.45) is 0.657. The minimum atomic E-state index is -0.404. The molecule has 0 amide bonds. The molecule has 0 unspecified atom stereocenters. The highest BCUT2D eigenvalue weighted by Gasteiger charge is 2.26. The lowest BCUT2D eigenvalue weighted by Crippen LogP contribution is -2.12. The lowest BCUT2D eigenvalue weighted by atomic mass is 9.96. The summed E-state index contributed by atoms with van der Waals surface area (Å²) in [6.45, 7) is 4.06. The highest BCUT2D eigenvalue weighted by molar-refractivity contribution is 7.17. The van der Waals surface area contributed by atoms with Gasteiger partial charge in [0.15, 0.2) is 0 Å². The van der Waals surface area contributed by atoms with E-state index < -0.39 is 5.97 Å². The van der Waals surface area contributed by atoms with Crippen LogP contribution in [0.1, 0.15) is 35.6 Å². The van der Waals surface area contributed by atoms with Crippen LogP contribution in [0.5, 0.6) is 0 Å². The highest BCUT2D eigenvalue weighted by atomic mass is 32.1. The van der Waals surface area contributed by atoms with Crippen molar-refractivity contribution in [1.29, 1.82) is 5.26 Å². The minimum absolute atomic E-state index is 0.288. The van der Waals surface area contributed by atoms with E-state index in [2.05, 4.69) is 47.8 Å². The maximum atomic E-state index is 12.7. The average Bonchev–Trinajstić information content (AvgIpc) is 3.35. The first-order valence-corrected chi connectivity index (χ1v) is 10.8. The van der Waals surface area contributed by atoms with Crippen LogP contribution in [0.15, 0.2) is 53.9 Å². The first kappa shape index (κ1) is 19.9. The second-order valence-electron chi connectivity index (χ2n) is 7.01. The molecule has 0 atom stereocenters. The van der Waals surface area contributed by atoms with Gasteiger partial charge in [0.25, 0.3) is 0 Å². The topological polar surface area (TPSA) is 55.0 Å². The summed E-state index contributed by atoms with van der Waals surface area (Å²) in [5, 5.41) is 13.2. The fourth-order valence-electron chi connectivity index (χ4n) is 4.05. The van der Waals surface area contributed by atoms with Crippen molar-refractivity contribution in [1.82, 2.24) is 4.57 Å². The van der Waals surface area contributed by atoms with Crippen molar-refractivity contribution < 1.29 is 9.53 Å². The third kappa shape index (κ3) is 3.20. The number of hydrogen-bond donors (Lipinski definition) is 0. The molecule has 30 heavy (non-hydrogen) atoms. The first-order chi connectivity index (χ1) is 14.6. The zero-order valence-electron chi connectivity index (χ0n) is 17.2. The van der Waals surface area contributed by atoms with Gasteiger partial charge >= 0.3 is 5.97 Å². The summed E-state index contributed by atoms with van der Waals surface area (Å²) in [5.41, 5.74) is 5.57. The summed E-state index contributed by atoms with van der Waals surface area (Å²) in [7, 11) is 1.82. The minimum Gasteiger partial charge on any atom is -0.461 e. The largest absolute Gasteiger partial charge is 0.461 e. The van der Waals surface area contributed by atoms with Crippen molar-refractivity contribution in [2.45, 2.75) is 20.3 Å². The zero-order chi connectivity index (χ0) is 21.3. The molecule has 5 heteroatoms. The smallest absolute Gasteiger partial charge is 0.355 e. The SMILES string of the molecule is CCOC(=O)c1c(-c2ccc(-c3cccc4sccc34)cc2)c(C#N)c(CC)n1C. The molecule has 0 saturated heterocycles. The number of rotatable bonds is 5. The molecular formula is C25H22N2O2S. The number of fused-ring (bicyclic) bond motifs is 1. The summed E-state index contributed by atoms with van der Waals surface area (Å²) < 4.78 is 8.34. The van der Waals surface area contributed by atoms with Crippen molar-refractivity contribution in [3.05, 3.63) is 70.9 Å². The molecule has 0 spiro atoms. The number of ether oxygens (including phenoxy) is 1. The molecular weight excluding hydrogens is 392 g/mol. The predicted molar refractivity (Wildman–Crippen MR) is 122 cm³/mol.